The summed E-state index contributed by atoms with van der Waals surface area (Å²) in [6.07, 6.45) is 1.76. The van der Waals surface area contributed by atoms with Crippen LogP contribution in [0.25, 0.3) is 16.9 Å². The molecule has 0 saturated carbocycles. The molecule has 0 bridgehead atoms. The zero-order valence-electron chi connectivity index (χ0n) is 16.2. The van der Waals surface area contributed by atoms with Gasteiger partial charge in [0.2, 0.25) is 0 Å². The van der Waals surface area contributed by atoms with E-state index in [1.165, 1.54) is 5.56 Å². The minimum atomic E-state index is -0.0993. The number of carbonyl (C=O) groups is 1. The van der Waals surface area contributed by atoms with Crippen molar-refractivity contribution in [1.82, 2.24) is 19.9 Å². The summed E-state index contributed by atoms with van der Waals surface area (Å²) in [5.74, 6) is 0.743. The number of hydrogen-bond acceptors (Lipinski definition) is 3. The number of nitrogens with one attached hydrogen (secondary N) is 1. The van der Waals surface area contributed by atoms with Crippen molar-refractivity contribution in [2.24, 2.45) is 0 Å². The molecule has 0 fully saturated rings. The third-order valence-electron chi connectivity index (χ3n) is 4.83. The van der Waals surface area contributed by atoms with Crippen molar-refractivity contribution in [1.29, 1.82) is 0 Å². The van der Waals surface area contributed by atoms with Crippen molar-refractivity contribution in [3.63, 3.8) is 0 Å². The summed E-state index contributed by atoms with van der Waals surface area (Å²) in [7, 11) is 0. The minimum Gasteiger partial charge on any atom is -0.348 e. The molecule has 5 nitrogen and oxygen atoms in total. The number of hydrogen-bond donors (Lipinski definition) is 1. The second-order valence-electron chi connectivity index (χ2n) is 7.01. The Bertz CT molecular complexity index is 1180. The van der Waals surface area contributed by atoms with Gasteiger partial charge >= 0.3 is 0 Å². The lowest BCUT2D eigenvalue weighted by atomic mass is 10.1. The lowest BCUT2D eigenvalue weighted by molar-refractivity contribution is 0.0951. The molecule has 2 aromatic carbocycles. The van der Waals surface area contributed by atoms with E-state index < -0.39 is 0 Å². The molecule has 4 rings (SSSR count). The number of benzene rings is 2. The fourth-order valence-corrected chi connectivity index (χ4v) is 3.41. The maximum absolute atomic E-state index is 12.7. The van der Waals surface area contributed by atoms with Crippen molar-refractivity contribution in [2.45, 2.75) is 27.3 Å². The van der Waals surface area contributed by atoms with Crippen molar-refractivity contribution in [2.75, 3.05) is 0 Å². The highest BCUT2D eigenvalue weighted by atomic mass is 16.1. The Labute approximate surface area is 164 Å². The monoisotopic (exact) mass is 370 g/mol. The molecule has 0 aliphatic heterocycles. The van der Waals surface area contributed by atoms with Crippen LogP contribution in [0.15, 0.2) is 60.8 Å². The van der Waals surface area contributed by atoms with Crippen LogP contribution < -0.4 is 5.32 Å². The topological polar surface area (TPSA) is 59.8 Å². The Kier molecular flexibility index (Phi) is 4.65. The first kappa shape index (κ1) is 17.9. The standard InChI is InChI=1S/C23H22N4O/c1-15-6-4-7-18(12-15)14-25-23(28)19-10-9-16(2)21(13-19)27-17(3)26-20-8-5-11-24-22(20)27/h4-13H,14H2,1-3H3,(H,25,28). The molecule has 0 spiro atoms. The van der Waals surface area contributed by atoms with Crippen LogP contribution in [-0.4, -0.2) is 20.4 Å². The largest absolute Gasteiger partial charge is 0.348 e. The van der Waals surface area contributed by atoms with Gasteiger partial charge in [0.25, 0.3) is 5.91 Å². The number of pyridine rings is 1. The van der Waals surface area contributed by atoms with E-state index in [-0.39, 0.29) is 5.91 Å². The first-order valence-corrected chi connectivity index (χ1v) is 9.28. The van der Waals surface area contributed by atoms with Gasteiger partial charge in [-0.25, -0.2) is 9.97 Å². The zero-order chi connectivity index (χ0) is 19.7. The highest BCUT2D eigenvalue weighted by Crippen LogP contribution is 2.23. The van der Waals surface area contributed by atoms with Gasteiger partial charge in [-0.3, -0.25) is 9.36 Å². The number of carbonyl (C=O) groups excluding carboxylic acids is 1. The molecule has 140 valence electrons. The molecule has 2 heterocycles. The number of aryl methyl sites for hydroxylation is 3. The van der Waals surface area contributed by atoms with Crippen LogP contribution in [0.2, 0.25) is 0 Å². The third-order valence-corrected chi connectivity index (χ3v) is 4.83. The van der Waals surface area contributed by atoms with Crippen molar-refractivity contribution >= 4 is 17.1 Å². The normalized spacial score (nSPS) is 11.0. The van der Waals surface area contributed by atoms with E-state index in [1.807, 2.05) is 73.9 Å². The van der Waals surface area contributed by atoms with Crippen molar-refractivity contribution in [3.8, 4) is 5.69 Å². The molecule has 0 saturated heterocycles. The van der Waals surface area contributed by atoms with Gasteiger partial charge < -0.3 is 5.32 Å². The lowest BCUT2D eigenvalue weighted by Gasteiger charge is -2.12. The molecule has 1 amide bonds. The van der Waals surface area contributed by atoms with Gasteiger partial charge in [0, 0.05) is 18.3 Å². The number of rotatable bonds is 4. The number of fused-ring (bicyclic) bond motifs is 1. The predicted molar refractivity (Wildman–Crippen MR) is 111 cm³/mol. The summed E-state index contributed by atoms with van der Waals surface area (Å²) < 4.78 is 2.00. The summed E-state index contributed by atoms with van der Waals surface area (Å²) >= 11 is 0. The van der Waals surface area contributed by atoms with Crippen LogP contribution in [0, 0.1) is 20.8 Å². The van der Waals surface area contributed by atoms with Crippen LogP contribution in [0.4, 0.5) is 0 Å². The number of nitrogens with zero attached hydrogens (tertiary/aromatic N) is 3. The molecule has 0 unspecified atom stereocenters. The van der Waals surface area contributed by atoms with Gasteiger partial charge in [0.1, 0.15) is 11.3 Å². The summed E-state index contributed by atoms with van der Waals surface area (Å²) in [5.41, 5.74) is 6.49. The molecule has 0 aliphatic rings. The Morgan fingerprint density at radius 2 is 1.89 bits per heavy atom. The first-order valence-electron chi connectivity index (χ1n) is 9.28. The molecule has 0 radical (unpaired) electrons. The Morgan fingerprint density at radius 1 is 1.04 bits per heavy atom. The highest BCUT2D eigenvalue weighted by molar-refractivity contribution is 5.95. The Balaban J connectivity index is 1.65. The molecular weight excluding hydrogens is 348 g/mol. The highest BCUT2D eigenvalue weighted by Gasteiger charge is 2.14. The van der Waals surface area contributed by atoms with Gasteiger partial charge in [0.15, 0.2) is 5.65 Å². The van der Waals surface area contributed by atoms with E-state index in [2.05, 4.69) is 21.4 Å². The quantitative estimate of drug-likeness (QED) is 0.583. The van der Waals surface area contributed by atoms with Gasteiger partial charge in [-0.2, -0.15) is 0 Å². The summed E-state index contributed by atoms with van der Waals surface area (Å²) in [4.78, 5) is 21.8. The van der Waals surface area contributed by atoms with Crippen LogP contribution in [0.5, 0.6) is 0 Å². The molecule has 0 aliphatic carbocycles. The predicted octanol–water partition coefficient (Wildman–Crippen LogP) is 4.28. The fraction of sp³-hybridized carbons (Fsp3) is 0.174. The Hall–Kier alpha value is -3.47. The molecule has 5 heteroatoms. The summed E-state index contributed by atoms with van der Waals surface area (Å²) in [5, 5.41) is 3.01. The second kappa shape index (κ2) is 7.27. The van der Waals surface area contributed by atoms with Gasteiger partial charge in [-0.05, 0) is 56.2 Å². The molecule has 28 heavy (non-hydrogen) atoms. The van der Waals surface area contributed by atoms with Crippen molar-refractivity contribution in [3.05, 3.63) is 88.9 Å². The van der Waals surface area contributed by atoms with Gasteiger partial charge in [-0.15, -0.1) is 0 Å². The SMILES string of the molecule is Cc1cccc(CNC(=O)c2ccc(C)c(-n3c(C)nc4cccnc43)c2)c1. The maximum atomic E-state index is 12.7. The number of imidazole rings is 1. The average Bonchev–Trinajstić information content (AvgIpc) is 3.02. The van der Waals surface area contributed by atoms with E-state index in [0.29, 0.717) is 12.1 Å². The van der Waals surface area contributed by atoms with E-state index in [9.17, 15) is 4.79 Å². The summed E-state index contributed by atoms with van der Waals surface area (Å²) in [6.45, 7) is 6.52. The molecule has 0 atom stereocenters. The molecular formula is C23H22N4O. The van der Waals surface area contributed by atoms with Crippen LogP contribution in [-0.2, 0) is 6.54 Å². The van der Waals surface area contributed by atoms with Gasteiger partial charge in [0.05, 0.1) is 5.69 Å². The molecule has 2 aromatic heterocycles. The van der Waals surface area contributed by atoms with E-state index in [0.717, 1.165) is 33.8 Å². The van der Waals surface area contributed by atoms with Crippen LogP contribution >= 0.6 is 0 Å². The van der Waals surface area contributed by atoms with E-state index in [4.69, 9.17) is 0 Å². The fourth-order valence-electron chi connectivity index (χ4n) is 3.41. The van der Waals surface area contributed by atoms with E-state index in [1.54, 1.807) is 6.20 Å². The number of amides is 1. The first-order chi connectivity index (χ1) is 13.5. The second-order valence-corrected chi connectivity index (χ2v) is 7.01. The summed E-state index contributed by atoms with van der Waals surface area (Å²) in [6, 6.07) is 17.7. The van der Waals surface area contributed by atoms with Crippen LogP contribution in [0.3, 0.4) is 0 Å². The smallest absolute Gasteiger partial charge is 0.251 e. The van der Waals surface area contributed by atoms with Crippen molar-refractivity contribution < 1.29 is 4.79 Å². The average molecular weight is 370 g/mol. The lowest BCUT2D eigenvalue weighted by Crippen LogP contribution is -2.23. The Morgan fingerprint density at radius 3 is 2.71 bits per heavy atom. The van der Waals surface area contributed by atoms with Gasteiger partial charge in [-0.1, -0.05) is 35.9 Å². The van der Waals surface area contributed by atoms with Crippen LogP contribution in [0.1, 0.15) is 32.9 Å². The molecule has 1 N–H and O–H groups in total. The number of aromatic nitrogens is 3. The minimum absolute atomic E-state index is 0.0993. The van der Waals surface area contributed by atoms with E-state index >= 15 is 0 Å². The zero-order valence-corrected chi connectivity index (χ0v) is 16.2. The third kappa shape index (κ3) is 3.39. The molecule has 4 aromatic rings. The maximum Gasteiger partial charge on any atom is 0.251 e.